The summed E-state index contributed by atoms with van der Waals surface area (Å²) in [6.07, 6.45) is 0. The van der Waals surface area contributed by atoms with Crippen molar-refractivity contribution in [2.24, 2.45) is 0 Å². The van der Waals surface area contributed by atoms with Crippen molar-refractivity contribution in [2.75, 3.05) is 9.80 Å². The molecule has 1 unspecified atom stereocenters. The second-order valence-corrected chi connectivity index (χ2v) is 14.8. The van der Waals surface area contributed by atoms with Crippen molar-refractivity contribution >= 4 is 82.6 Å². The highest BCUT2D eigenvalue weighted by molar-refractivity contribution is 7.20. The number of thiophene rings is 1. The Morgan fingerprint density at radius 2 is 1.25 bits per heavy atom. The summed E-state index contributed by atoms with van der Waals surface area (Å²) in [5.74, 6) is 0. The molecule has 1 atom stereocenters. The van der Waals surface area contributed by atoms with Crippen molar-refractivity contribution in [1.29, 1.82) is 0 Å². The Hall–Kier alpha value is -6.62. The van der Waals surface area contributed by atoms with Gasteiger partial charge in [0.05, 0.1) is 22.3 Å². The van der Waals surface area contributed by atoms with Crippen LogP contribution in [0, 0.1) is 0 Å². The largest absolute Gasteiger partial charge is 0.454 e. The molecule has 0 N–H and O–H groups in total. The molecule has 0 saturated carbocycles. The van der Waals surface area contributed by atoms with E-state index in [1.165, 1.54) is 42.7 Å². The standard InChI is InChI=1S/C49H32N2OS/c1-3-14-34(15-4-1)46-49-47(41-20-10-12-22-44(41)53-49)51(46)37-26-24-33(25-27-37)39-29-30-42(48-45(39)40-19-9-11-21-43(40)52-48)50(36-17-5-2-6-18-36)38-28-23-32-13-7-8-16-35(32)31-38/h1-31,46H. The van der Waals surface area contributed by atoms with Gasteiger partial charge in [-0.1, -0.05) is 133 Å². The van der Waals surface area contributed by atoms with Crippen LogP contribution in [0.3, 0.4) is 0 Å². The van der Waals surface area contributed by atoms with Crippen LogP contribution in [0.15, 0.2) is 192 Å². The number of hydrogen-bond acceptors (Lipinski definition) is 4. The molecule has 0 radical (unpaired) electrons. The van der Waals surface area contributed by atoms with Crippen molar-refractivity contribution in [3.63, 3.8) is 0 Å². The van der Waals surface area contributed by atoms with E-state index < -0.39 is 0 Å². The van der Waals surface area contributed by atoms with Gasteiger partial charge in [-0.15, -0.1) is 11.3 Å². The van der Waals surface area contributed by atoms with Gasteiger partial charge in [0.1, 0.15) is 5.58 Å². The number of anilines is 5. The number of fused-ring (bicyclic) bond motifs is 7. The minimum Gasteiger partial charge on any atom is -0.454 e. The van der Waals surface area contributed by atoms with Crippen LogP contribution in [0.5, 0.6) is 0 Å². The summed E-state index contributed by atoms with van der Waals surface area (Å²) >= 11 is 1.92. The van der Waals surface area contributed by atoms with Gasteiger partial charge in [0, 0.05) is 37.9 Å². The Labute approximate surface area is 311 Å². The van der Waals surface area contributed by atoms with Crippen molar-refractivity contribution in [1.82, 2.24) is 0 Å². The third kappa shape index (κ3) is 4.73. The van der Waals surface area contributed by atoms with E-state index in [0.29, 0.717) is 0 Å². The van der Waals surface area contributed by atoms with Gasteiger partial charge in [0.2, 0.25) is 0 Å². The van der Waals surface area contributed by atoms with Crippen LogP contribution in [0.2, 0.25) is 0 Å². The maximum atomic E-state index is 6.83. The lowest BCUT2D eigenvalue weighted by atomic mass is 9.92. The molecule has 4 heteroatoms. The van der Waals surface area contributed by atoms with E-state index in [9.17, 15) is 0 Å². The summed E-state index contributed by atoms with van der Waals surface area (Å²) in [5.41, 5.74) is 11.0. The molecule has 8 aromatic carbocycles. The third-order valence-corrected chi connectivity index (χ3v) is 11.9. The molecule has 11 rings (SSSR count). The summed E-state index contributed by atoms with van der Waals surface area (Å²) in [4.78, 5) is 6.26. The van der Waals surface area contributed by atoms with E-state index in [1.54, 1.807) is 0 Å². The lowest BCUT2D eigenvalue weighted by Crippen LogP contribution is -2.33. The predicted octanol–water partition coefficient (Wildman–Crippen LogP) is 14.3. The van der Waals surface area contributed by atoms with Crippen LogP contribution in [0.25, 0.3) is 53.9 Å². The van der Waals surface area contributed by atoms with E-state index in [4.69, 9.17) is 4.42 Å². The Balaban J connectivity index is 1.06. The number of nitrogens with zero attached hydrogens (tertiary/aromatic N) is 2. The third-order valence-electron chi connectivity index (χ3n) is 10.7. The first kappa shape index (κ1) is 30.0. The van der Waals surface area contributed by atoms with Gasteiger partial charge >= 0.3 is 0 Å². The van der Waals surface area contributed by atoms with Crippen molar-refractivity contribution in [3.8, 4) is 11.1 Å². The van der Waals surface area contributed by atoms with E-state index in [-0.39, 0.29) is 6.04 Å². The molecule has 3 nitrogen and oxygen atoms in total. The van der Waals surface area contributed by atoms with Crippen LogP contribution in [-0.2, 0) is 0 Å². The Morgan fingerprint density at radius 3 is 2.08 bits per heavy atom. The molecule has 1 aliphatic heterocycles. The zero-order valence-electron chi connectivity index (χ0n) is 28.7. The molecule has 0 amide bonds. The molecule has 250 valence electrons. The van der Waals surface area contributed by atoms with Crippen LogP contribution < -0.4 is 9.80 Å². The maximum absolute atomic E-state index is 6.83. The quantitative estimate of drug-likeness (QED) is 0.173. The molecule has 0 saturated heterocycles. The Kier molecular flexibility index (Phi) is 6.79. The normalized spacial score (nSPS) is 13.8. The van der Waals surface area contributed by atoms with E-state index in [0.717, 1.165) is 50.1 Å². The average Bonchev–Trinajstić information content (AvgIpc) is 3.76. The van der Waals surface area contributed by atoms with Gasteiger partial charge in [-0.3, -0.25) is 0 Å². The highest BCUT2D eigenvalue weighted by atomic mass is 32.1. The van der Waals surface area contributed by atoms with E-state index in [2.05, 4.69) is 198 Å². The van der Waals surface area contributed by atoms with Gasteiger partial charge in [-0.25, -0.2) is 0 Å². The lowest BCUT2D eigenvalue weighted by Gasteiger charge is -2.43. The molecule has 3 heterocycles. The van der Waals surface area contributed by atoms with Crippen LogP contribution in [-0.4, -0.2) is 0 Å². The zero-order chi connectivity index (χ0) is 34.9. The van der Waals surface area contributed by atoms with Crippen LogP contribution in [0.4, 0.5) is 28.4 Å². The Bertz CT molecular complexity index is 2960. The van der Waals surface area contributed by atoms with Gasteiger partial charge in [0.15, 0.2) is 5.58 Å². The summed E-state index contributed by atoms with van der Waals surface area (Å²) < 4.78 is 8.16. The molecule has 53 heavy (non-hydrogen) atoms. The minimum atomic E-state index is 0.192. The predicted molar refractivity (Wildman–Crippen MR) is 224 cm³/mol. The second kappa shape index (κ2) is 12.0. The first-order valence-electron chi connectivity index (χ1n) is 18.0. The van der Waals surface area contributed by atoms with E-state index in [1.807, 2.05) is 11.3 Å². The number of furan rings is 1. The monoisotopic (exact) mass is 696 g/mol. The molecule has 1 aliphatic rings. The van der Waals surface area contributed by atoms with Gasteiger partial charge in [-0.2, -0.15) is 0 Å². The SMILES string of the molecule is c1ccc(C2c3sc4ccccc4c3N2c2ccc(-c3ccc(N(c4ccccc4)c4ccc5ccccc5c4)c4oc5ccccc5c34)cc2)cc1. The van der Waals surface area contributed by atoms with Gasteiger partial charge in [0.25, 0.3) is 0 Å². The molecule has 0 fully saturated rings. The number of rotatable bonds is 6. The van der Waals surface area contributed by atoms with Gasteiger partial charge in [-0.05, 0) is 82.1 Å². The molecule has 0 spiro atoms. The highest BCUT2D eigenvalue weighted by Crippen LogP contribution is 2.58. The summed E-state index contributed by atoms with van der Waals surface area (Å²) in [6.45, 7) is 0. The second-order valence-electron chi connectivity index (χ2n) is 13.7. The summed E-state index contributed by atoms with van der Waals surface area (Å²) in [7, 11) is 0. The topological polar surface area (TPSA) is 19.6 Å². The van der Waals surface area contributed by atoms with Crippen LogP contribution >= 0.6 is 11.3 Å². The van der Waals surface area contributed by atoms with Crippen LogP contribution in [0.1, 0.15) is 16.5 Å². The molecule has 2 aromatic heterocycles. The van der Waals surface area contributed by atoms with Crippen molar-refractivity contribution in [2.45, 2.75) is 6.04 Å². The highest BCUT2D eigenvalue weighted by Gasteiger charge is 2.40. The minimum absolute atomic E-state index is 0.192. The number of hydrogen-bond donors (Lipinski definition) is 0. The first-order chi connectivity index (χ1) is 26.3. The molecule has 0 aliphatic carbocycles. The molecular weight excluding hydrogens is 665 g/mol. The molecule has 10 aromatic rings. The van der Waals surface area contributed by atoms with Crippen molar-refractivity contribution in [3.05, 3.63) is 198 Å². The first-order valence-corrected chi connectivity index (χ1v) is 18.9. The summed E-state index contributed by atoms with van der Waals surface area (Å²) in [6, 6.07) is 67.7. The Morgan fingerprint density at radius 1 is 0.547 bits per heavy atom. The molecular formula is C49H32N2OS. The maximum Gasteiger partial charge on any atom is 0.160 e. The fourth-order valence-corrected chi connectivity index (χ4v) is 9.55. The fraction of sp³-hybridized carbons (Fsp3) is 0.0204. The zero-order valence-corrected chi connectivity index (χ0v) is 29.5. The van der Waals surface area contributed by atoms with Gasteiger partial charge < -0.3 is 14.2 Å². The smallest absolute Gasteiger partial charge is 0.160 e. The van der Waals surface area contributed by atoms with E-state index >= 15 is 0 Å². The summed E-state index contributed by atoms with van der Waals surface area (Å²) in [5, 5.41) is 5.96. The number of benzene rings is 8. The number of para-hydroxylation sites is 2. The lowest BCUT2D eigenvalue weighted by molar-refractivity contribution is 0.669. The average molecular weight is 697 g/mol. The fourth-order valence-electron chi connectivity index (χ4n) is 8.23. The van der Waals surface area contributed by atoms with Crippen molar-refractivity contribution < 1.29 is 4.42 Å². The molecule has 0 bridgehead atoms.